The van der Waals surface area contributed by atoms with Gasteiger partial charge >= 0.3 is 23.6 Å². The van der Waals surface area contributed by atoms with Gasteiger partial charge in [0.1, 0.15) is 0 Å². The number of amides is 4. The Kier molecular flexibility index (Phi) is 11.7. The Balaban J connectivity index is 1.35. The molecule has 2 aromatic rings. The molecule has 3 saturated heterocycles. The zero-order valence-corrected chi connectivity index (χ0v) is 28.6. The summed E-state index contributed by atoms with van der Waals surface area (Å²) < 4.78 is 0. The van der Waals surface area contributed by atoms with Crippen LogP contribution in [0.5, 0.6) is 0 Å². The fraction of sp³-hybridized carbons (Fsp3) is 0.579. The van der Waals surface area contributed by atoms with Crippen LogP contribution < -0.4 is 5.32 Å². The number of carbonyl (C=O) groups excluding carboxylic acids is 4. The van der Waals surface area contributed by atoms with Gasteiger partial charge in [0.25, 0.3) is 0 Å². The molecule has 5 rings (SSSR count). The van der Waals surface area contributed by atoms with E-state index in [4.69, 9.17) is 0 Å². The molecule has 0 bridgehead atoms. The zero-order chi connectivity index (χ0) is 33.5. The molecule has 2 aromatic carbocycles. The number of carbonyl (C=O) groups is 4. The van der Waals surface area contributed by atoms with Gasteiger partial charge in [-0.25, -0.2) is 0 Å². The quantitative estimate of drug-likeness (QED) is 0.317. The Hall–Kier alpha value is -3.72. The molecule has 3 heterocycles. The van der Waals surface area contributed by atoms with Gasteiger partial charge in [-0.05, 0) is 68.0 Å². The van der Waals surface area contributed by atoms with E-state index < -0.39 is 23.6 Å². The number of benzene rings is 2. The number of likely N-dealkylation sites (tertiary alicyclic amines) is 1. The van der Waals surface area contributed by atoms with Crippen LogP contribution in [0.3, 0.4) is 0 Å². The number of piperazine rings is 2. The van der Waals surface area contributed by atoms with E-state index in [0.717, 1.165) is 43.4 Å². The number of hydrogen-bond donors (Lipinski definition) is 1. The summed E-state index contributed by atoms with van der Waals surface area (Å²) in [4.78, 5) is 61.3. The minimum atomic E-state index is -0.522. The van der Waals surface area contributed by atoms with Crippen molar-refractivity contribution in [3.8, 4) is 0 Å². The second kappa shape index (κ2) is 15.9. The average Bonchev–Trinajstić information content (AvgIpc) is 3.48. The maximum Gasteiger partial charge on any atom is 0.312 e. The Labute approximate surface area is 280 Å². The van der Waals surface area contributed by atoms with Gasteiger partial charge in [-0.3, -0.25) is 24.1 Å². The summed E-state index contributed by atoms with van der Waals surface area (Å²) in [6.45, 7) is 12.1. The highest BCUT2D eigenvalue weighted by Crippen LogP contribution is 2.27. The van der Waals surface area contributed by atoms with Crippen LogP contribution in [0.2, 0.25) is 0 Å². The largest absolute Gasteiger partial charge is 0.346 e. The highest BCUT2D eigenvalue weighted by atomic mass is 16.2. The third-order valence-electron chi connectivity index (χ3n) is 10.0. The summed E-state index contributed by atoms with van der Waals surface area (Å²) >= 11 is 0. The average molecular weight is 644 g/mol. The molecule has 3 fully saturated rings. The topological polar surface area (TPSA) is 93.3 Å². The van der Waals surface area contributed by atoms with Crippen molar-refractivity contribution < 1.29 is 19.2 Å². The third kappa shape index (κ3) is 8.80. The standard InChI is InChI=1S/C38H53N5O4/c1-27(2)20-32-23-39-35(44)36(45)42(32)25-31-16-11-18-40(31)24-33(21-28(3)4)43-26-34(22-30-14-9-6-10-15-30)41(37(46)38(43)47)19-17-29-12-7-5-8-13-29/h5-10,12-15,27-28,31-34H,11,16-26H2,1-4H3,(H,39,44)/t31-,32-,33-,34-/m0/s1. The van der Waals surface area contributed by atoms with Crippen LogP contribution in [0.15, 0.2) is 60.7 Å². The first-order valence-corrected chi connectivity index (χ1v) is 17.6. The van der Waals surface area contributed by atoms with Gasteiger partial charge in [0, 0.05) is 50.8 Å². The third-order valence-corrected chi connectivity index (χ3v) is 10.0. The van der Waals surface area contributed by atoms with Crippen LogP contribution in [0.1, 0.15) is 64.5 Å². The molecule has 47 heavy (non-hydrogen) atoms. The molecule has 0 spiro atoms. The van der Waals surface area contributed by atoms with Gasteiger partial charge in [0.15, 0.2) is 0 Å². The van der Waals surface area contributed by atoms with Crippen molar-refractivity contribution in [3.05, 3.63) is 71.8 Å². The van der Waals surface area contributed by atoms with Gasteiger partial charge < -0.3 is 20.0 Å². The van der Waals surface area contributed by atoms with Gasteiger partial charge in [-0.15, -0.1) is 0 Å². The van der Waals surface area contributed by atoms with E-state index in [1.165, 1.54) is 0 Å². The van der Waals surface area contributed by atoms with Gasteiger partial charge in [0.05, 0.1) is 6.04 Å². The molecule has 3 aliphatic heterocycles. The summed E-state index contributed by atoms with van der Waals surface area (Å²) in [6.07, 6.45) is 4.93. The van der Waals surface area contributed by atoms with Crippen LogP contribution in [0.4, 0.5) is 0 Å². The summed E-state index contributed by atoms with van der Waals surface area (Å²) in [5.41, 5.74) is 2.29. The Morgan fingerprint density at radius 3 is 2.11 bits per heavy atom. The first kappa shape index (κ1) is 34.6. The second-order valence-corrected chi connectivity index (χ2v) is 14.6. The molecule has 4 atom stereocenters. The minimum absolute atomic E-state index is 0.0176. The van der Waals surface area contributed by atoms with Crippen molar-refractivity contribution in [2.24, 2.45) is 11.8 Å². The van der Waals surface area contributed by atoms with E-state index in [-0.39, 0.29) is 24.2 Å². The second-order valence-electron chi connectivity index (χ2n) is 14.6. The van der Waals surface area contributed by atoms with Gasteiger partial charge in [0.2, 0.25) is 0 Å². The molecule has 0 aliphatic carbocycles. The van der Waals surface area contributed by atoms with Crippen molar-refractivity contribution >= 4 is 23.6 Å². The number of hydrogen-bond acceptors (Lipinski definition) is 5. The molecule has 4 amide bonds. The fourth-order valence-electron chi connectivity index (χ4n) is 7.74. The molecule has 9 heteroatoms. The molecular weight excluding hydrogens is 590 g/mol. The van der Waals surface area contributed by atoms with E-state index in [1.807, 2.05) is 46.2 Å². The molecule has 0 unspecified atom stereocenters. The van der Waals surface area contributed by atoms with Crippen molar-refractivity contribution in [1.29, 1.82) is 0 Å². The monoisotopic (exact) mass is 643 g/mol. The highest BCUT2D eigenvalue weighted by Gasteiger charge is 2.43. The molecule has 0 radical (unpaired) electrons. The number of nitrogens with one attached hydrogen (secondary N) is 1. The van der Waals surface area contributed by atoms with E-state index in [0.29, 0.717) is 57.4 Å². The first-order chi connectivity index (χ1) is 22.6. The predicted octanol–water partition coefficient (Wildman–Crippen LogP) is 3.76. The number of nitrogens with zero attached hydrogens (tertiary/aromatic N) is 4. The molecule has 0 aromatic heterocycles. The predicted molar refractivity (Wildman–Crippen MR) is 183 cm³/mol. The lowest BCUT2D eigenvalue weighted by Gasteiger charge is -2.46. The maximum absolute atomic E-state index is 14.0. The molecule has 1 N–H and O–H groups in total. The maximum atomic E-state index is 14.0. The lowest BCUT2D eigenvalue weighted by atomic mass is 9.96. The lowest BCUT2D eigenvalue weighted by Crippen LogP contribution is -2.64. The van der Waals surface area contributed by atoms with E-state index >= 15 is 0 Å². The van der Waals surface area contributed by atoms with Crippen molar-refractivity contribution in [1.82, 2.24) is 24.9 Å². The van der Waals surface area contributed by atoms with E-state index in [1.54, 1.807) is 4.90 Å². The Morgan fingerprint density at radius 2 is 1.45 bits per heavy atom. The Morgan fingerprint density at radius 1 is 0.766 bits per heavy atom. The smallest absolute Gasteiger partial charge is 0.312 e. The van der Waals surface area contributed by atoms with E-state index in [9.17, 15) is 19.2 Å². The highest BCUT2D eigenvalue weighted by molar-refractivity contribution is 6.36. The molecule has 9 nitrogen and oxygen atoms in total. The zero-order valence-electron chi connectivity index (χ0n) is 28.6. The SMILES string of the molecule is CC(C)C[C@H]1CNC(=O)C(=O)N1C[C@@H]1CCCN1C[C@H](CC(C)C)N1C[C@H](Cc2ccccc2)N(CCc2ccccc2)C(=O)C1=O. The van der Waals surface area contributed by atoms with Gasteiger partial charge in [-0.2, -0.15) is 0 Å². The summed E-state index contributed by atoms with van der Waals surface area (Å²) in [7, 11) is 0. The van der Waals surface area contributed by atoms with Crippen molar-refractivity contribution in [3.63, 3.8) is 0 Å². The summed E-state index contributed by atoms with van der Waals surface area (Å²) in [5, 5.41) is 2.78. The van der Waals surface area contributed by atoms with Gasteiger partial charge in [-0.1, -0.05) is 88.4 Å². The van der Waals surface area contributed by atoms with Crippen LogP contribution in [0.25, 0.3) is 0 Å². The van der Waals surface area contributed by atoms with Crippen molar-refractivity contribution in [2.45, 2.75) is 90.4 Å². The lowest BCUT2D eigenvalue weighted by molar-refractivity contribution is -0.161. The van der Waals surface area contributed by atoms with Crippen molar-refractivity contribution in [2.75, 3.05) is 39.3 Å². The summed E-state index contributed by atoms with van der Waals surface area (Å²) in [5.74, 6) is -1.06. The number of rotatable bonds is 14. The van der Waals surface area contributed by atoms with Crippen LogP contribution in [0, 0.1) is 11.8 Å². The Bertz CT molecular complexity index is 1370. The van der Waals surface area contributed by atoms with Crippen LogP contribution in [-0.4, -0.2) is 107 Å². The van der Waals surface area contributed by atoms with E-state index in [2.05, 4.69) is 62.2 Å². The normalized spacial score (nSPS) is 23.3. The molecule has 254 valence electrons. The molecule has 3 aliphatic rings. The summed E-state index contributed by atoms with van der Waals surface area (Å²) in [6, 6.07) is 20.2. The minimum Gasteiger partial charge on any atom is -0.346 e. The van der Waals surface area contributed by atoms with Crippen LogP contribution in [-0.2, 0) is 32.0 Å². The molecular formula is C38H53N5O4. The first-order valence-electron chi connectivity index (χ1n) is 17.6. The molecule has 0 saturated carbocycles. The van der Waals surface area contributed by atoms with Crippen LogP contribution >= 0.6 is 0 Å². The fourth-order valence-corrected chi connectivity index (χ4v) is 7.74.